The molecule has 0 spiro atoms. The number of hydrogen-bond acceptors (Lipinski definition) is 2. The van der Waals surface area contributed by atoms with E-state index in [4.69, 9.17) is 4.42 Å². The summed E-state index contributed by atoms with van der Waals surface area (Å²) in [5.41, 5.74) is 17.9. The first kappa shape index (κ1) is 33.9. The maximum atomic E-state index is 7.11. The molecule has 0 saturated heterocycles. The van der Waals surface area contributed by atoms with E-state index in [9.17, 15) is 0 Å². The number of anilines is 3. The average Bonchev–Trinajstić information content (AvgIpc) is 3.81. The second-order valence-corrected chi connectivity index (χ2v) is 15.4. The van der Waals surface area contributed by atoms with Gasteiger partial charge in [-0.2, -0.15) is 0 Å². The summed E-state index contributed by atoms with van der Waals surface area (Å²) in [6.07, 6.45) is 0. The van der Waals surface area contributed by atoms with E-state index in [2.05, 4.69) is 230 Å². The van der Waals surface area contributed by atoms with Gasteiger partial charge in [-0.15, -0.1) is 0 Å². The monoisotopic (exact) mass is 741 g/mol. The predicted molar refractivity (Wildman–Crippen MR) is 242 cm³/mol. The Balaban J connectivity index is 1.12. The van der Waals surface area contributed by atoms with Gasteiger partial charge in [-0.3, -0.25) is 0 Å². The molecule has 274 valence electrons. The van der Waals surface area contributed by atoms with Gasteiger partial charge in [-0.05, 0) is 111 Å². The van der Waals surface area contributed by atoms with Crippen LogP contribution in [0.2, 0.25) is 0 Å². The molecule has 1 aliphatic carbocycles. The number of para-hydroxylation sites is 1. The number of hydrogen-bond donors (Lipinski definition) is 0. The van der Waals surface area contributed by atoms with Gasteiger partial charge in [-0.25, -0.2) is 0 Å². The lowest BCUT2D eigenvalue weighted by Gasteiger charge is -2.28. The highest BCUT2D eigenvalue weighted by Crippen LogP contribution is 2.53. The third-order valence-corrected chi connectivity index (χ3v) is 12.1. The van der Waals surface area contributed by atoms with Crippen molar-refractivity contribution >= 4 is 39.0 Å². The molecule has 0 saturated carbocycles. The summed E-state index contributed by atoms with van der Waals surface area (Å²) >= 11 is 0. The fourth-order valence-corrected chi connectivity index (χ4v) is 9.23. The fraction of sp³-hybridized carbons (Fsp3) is 0.0357. The van der Waals surface area contributed by atoms with Crippen molar-refractivity contribution in [1.29, 1.82) is 0 Å². The molecular weight excluding hydrogens is 703 g/mol. The van der Waals surface area contributed by atoms with Crippen LogP contribution < -0.4 is 4.90 Å². The first-order chi connectivity index (χ1) is 28.6. The molecule has 1 heterocycles. The summed E-state index contributed by atoms with van der Waals surface area (Å²) in [6.45, 7) is 2.36. The lowest BCUT2D eigenvalue weighted by Crippen LogP contribution is -2.22. The van der Waals surface area contributed by atoms with Gasteiger partial charge in [0.15, 0.2) is 5.58 Å². The van der Waals surface area contributed by atoms with E-state index in [1.807, 2.05) is 0 Å². The van der Waals surface area contributed by atoms with Crippen LogP contribution in [-0.4, -0.2) is 0 Å². The fourth-order valence-electron chi connectivity index (χ4n) is 9.23. The second-order valence-electron chi connectivity index (χ2n) is 15.4. The topological polar surface area (TPSA) is 16.4 Å². The van der Waals surface area contributed by atoms with Crippen molar-refractivity contribution in [3.05, 3.63) is 235 Å². The van der Waals surface area contributed by atoms with Crippen molar-refractivity contribution in [2.75, 3.05) is 4.90 Å². The largest absolute Gasteiger partial charge is 0.454 e. The van der Waals surface area contributed by atoms with E-state index >= 15 is 0 Å². The van der Waals surface area contributed by atoms with Crippen LogP contribution in [0.5, 0.6) is 0 Å². The summed E-state index contributed by atoms with van der Waals surface area (Å²) in [6, 6.07) is 78.8. The molecule has 2 nitrogen and oxygen atoms in total. The molecule has 0 fully saturated rings. The molecule has 2 heteroatoms. The summed E-state index contributed by atoms with van der Waals surface area (Å²) in [5, 5.41) is 2.19. The summed E-state index contributed by atoms with van der Waals surface area (Å²) in [5.74, 6) is 0. The molecule has 0 aliphatic heterocycles. The van der Waals surface area contributed by atoms with Crippen LogP contribution in [0.3, 0.4) is 0 Å². The highest BCUT2D eigenvalue weighted by atomic mass is 16.3. The maximum Gasteiger partial charge on any atom is 0.159 e. The molecule has 0 N–H and O–H groups in total. The van der Waals surface area contributed by atoms with Gasteiger partial charge in [0.05, 0.1) is 5.69 Å². The first-order valence-electron chi connectivity index (χ1n) is 20.0. The molecule has 9 aromatic carbocycles. The minimum absolute atomic E-state index is 0.318. The van der Waals surface area contributed by atoms with Crippen molar-refractivity contribution in [2.24, 2.45) is 0 Å². The van der Waals surface area contributed by atoms with Crippen LogP contribution in [0.1, 0.15) is 23.6 Å². The van der Waals surface area contributed by atoms with E-state index in [0.717, 1.165) is 50.1 Å². The van der Waals surface area contributed by atoms with Gasteiger partial charge >= 0.3 is 0 Å². The Kier molecular flexibility index (Phi) is 7.97. The molecule has 1 aliphatic rings. The van der Waals surface area contributed by atoms with E-state index < -0.39 is 0 Å². The van der Waals surface area contributed by atoms with Crippen molar-refractivity contribution in [1.82, 2.24) is 0 Å². The number of fused-ring (bicyclic) bond motifs is 6. The van der Waals surface area contributed by atoms with E-state index in [0.29, 0.717) is 0 Å². The molecule has 0 atom stereocenters. The highest BCUT2D eigenvalue weighted by Gasteiger charge is 2.40. The molecule has 1 aromatic heterocycles. The maximum absolute atomic E-state index is 7.11. The van der Waals surface area contributed by atoms with Crippen LogP contribution in [0.25, 0.3) is 66.4 Å². The standard InChI is InChI=1S/C56H39NO/c1-56(51-25-13-11-22-47(51)48-23-12-14-26-52(48)56)44-30-33-49-50-24-15-27-53(55(50)58-54(49)37-44)57(45-31-28-41(29-32-45)38-16-5-2-6-17-38)46-35-42(39-18-7-3-8-19-39)34-43(36-46)40-20-9-4-10-21-40/h2-37H,1H3. The van der Waals surface area contributed by atoms with Crippen molar-refractivity contribution in [3.8, 4) is 44.5 Å². The smallest absolute Gasteiger partial charge is 0.159 e. The lowest BCUT2D eigenvalue weighted by molar-refractivity contribution is 0.662. The van der Waals surface area contributed by atoms with Crippen LogP contribution >= 0.6 is 0 Å². The van der Waals surface area contributed by atoms with Crippen LogP contribution in [0.4, 0.5) is 17.1 Å². The van der Waals surface area contributed by atoms with Crippen LogP contribution in [0.15, 0.2) is 223 Å². The Hall–Kier alpha value is -7.42. The Labute approximate surface area is 338 Å². The van der Waals surface area contributed by atoms with Gasteiger partial charge in [0.1, 0.15) is 5.58 Å². The molecule has 0 bridgehead atoms. The van der Waals surface area contributed by atoms with Crippen LogP contribution in [0, 0.1) is 0 Å². The Morgan fingerprint density at radius 1 is 0.379 bits per heavy atom. The van der Waals surface area contributed by atoms with E-state index in [1.54, 1.807) is 0 Å². The SMILES string of the molecule is CC1(c2ccc3c(c2)oc2c(N(c4ccc(-c5ccccc5)cc4)c4cc(-c5ccccc5)cc(-c5ccccc5)c4)cccc23)c2ccccc2-c2ccccc21. The zero-order chi connectivity index (χ0) is 38.6. The minimum atomic E-state index is -0.318. The Morgan fingerprint density at radius 3 is 1.48 bits per heavy atom. The molecule has 0 amide bonds. The molecule has 0 unspecified atom stereocenters. The third-order valence-electron chi connectivity index (χ3n) is 12.1. The minimum Gasteiger partial charge on any atom is -0.454 e. The van der Waals surface area contributed by atoms with Gasteiger partial charge in [0.2, 0.25) is 0 Å². The summed E-state index contributed by atoms with van der Waals surface area (Å²) < 4.78 is 7.11. The third kappa shape index (κ3) is 5.49. The number of benzene rings is 9. The zero-order valence-corrected chi connectivity index (χ0v) is 32.1. The first-order valence-corrected chi connectivity index (χ1v) is 20.0. The predicted octanol–water partition coefficient (Wildman–Crippen LogP) is 15.4. The molecular formula is C56H39NO. The molecule has 58 heavy (non-hydrogen) atoms. The normalized spacial score (nSPS) is 12.7. The molecule has 10 aromatic rings. The van der Waals surface area contributed by atoms with Crippen LogP contribution in [-0.2, 0) is 5.41 Å². The number of rotatable bonds is 7. The Morgan fingerprint density at radius 2 is 0.897 bits per heavy atom. The van der Waals surface area contributed by atoms with E-state index in [1.165, 1.54) is 50.1 Å². The summed E-state index contributed by atoms with van der Waals surface area (Å²) in [7, 11) is 0. The molecule has 11 rings (SSSR count). The number of nitrogens with zero attached hydrogens (tertiary/aromatic N) is 1. The van der Waals surface area contributed by atoms with Crippen molar-refractivity contribution in [3.63, 3.8) is 0 Å². The van der Waals surface area contributed by atoms with Crippen molar-refractivity contribution < 1.29 is 4.42 Å². The van der Waals surface area contributed by atoms with Gasteiger partial charge in [0, 0.05) is 27.6 Å². The van der Waals surface area contributed by atoms with Crippen molar-refractivity contribution in [2.45, 2.75) is 12.3 Å². The number of furan rings is 1. The lowest BCUT2D eigenvalue weighted by atomic mass is 9.74. The average molecular weight is 742 g/mol. The second kappa shape index (κ2) is 13.7. The van der Waals surface area contributed by atoms with Gasteiger partial charge < -0.3 is 9.32 Å². The highest BCUT2D eigenvalue weighted by molar-refractivity contribution is 6.10. The summed E-state index contributed by atoms with van der Waals surface area (Å²) in [4.78, 5) is 2.37. The van der Waals surface area contributed by atoms with Gasteiger partial charge in [0.25, 0.3) is 0 Å². The van der Waals surface area contributed by atoms with E-state index in [-0.39, 0.29) is 5.41 Å². The zero-order valence-electron chi connectivity index (χ0n) is 32.1. The molecule has 0 radical (unpaired) electrons. The quantitative estimate of drug-likeness (QED) is 0.162. The Bertz CT molecular complexity index is 3000. The van der Waals surface area contributed by atoms with Gasteiger partial charge in [-0.1, -0.05) is 176 Å².